The van der Waals surface area contributed by atoms with Crippen molar-refractivity contribution in [2.45, 2.75) is 20.3 Å². The number of nitrogens with two attached hydrogens (primary N) is 6. The summed E-state index contributed by atoms with van der Waals surface area (Å²) < 4.78 is 96.0. The van der Waals surface area contributed by atoms with Gasteiger partial charge in [-0.15, -0.1) is 0 Å². The molecule has 33 nitrogen and oxygen atoms in total. The molecule has 6 heterocycles. The Labute approximate surface area is 671 Å². The third-order valence-electron chi connectivity index (χ3n) is 16.3. The Morgan fingerprint density at radius 1 is 0.424 bits per heavy atom. The number of nitrogens with zero attached hydrogens (tertiary/aromatic N) is 10. The van der Waals surface area contributed by atoms with Gasteiger partial charge in [0.2, 0.25) is 0 Å². The molecule has 4 amide bonds. The molecule has 8 aromatic carbocycles. The van der Waals surface area contributed by atoms with Gasteiger partial charge in [0.05, 0.1) is 118 Å². The van der Waals surface area contributed by atoms with Crippen molar-refractivity contribution < 1.29 is 89.6 Å². The summed E-state index contributed by atoms with van der Waals surface area (Å²) in [7, 11) is 9.32. The normalized spacial score (nSPS) is 10.4. The van der Waals surface area contributed by atoms with E-state index in [1.807, 2.05) is 7.05 Å². The molecule has 0 saturated heterocycles. The molecule has 14 aromatic rings. The van der Waals surface area contributed by atoms with Crippen molar-refractivity contribution in [3.05, 3.63) is 277 Å². The van der Waals surface area contributed by atoms with Gasteiger partial charge in [0.1, 0.15) is 46.0 Å². The molecule has 0 aliphatic heterocycles. The zero-order valence-corrected chi connectivity index (χ0v) is 63.0. The number of nitro groups is 2. The summed E-state index contributed by atoms with van der Waals surface area (Å²) in [6.45, 7) is 0. The van der Waals surface area contributed by atoms with Gasteiger partial charge < -0.3 is 72.7 Å². The number of phenols is 1. The van der Waals surface area contributed by atoms with Crippen LogP contribution in [0.2, 0.25) is 5.02 Å². The number of rotatable bonds is 20. The van der Waals surface area contributed by atoms with Gasteiger partial charge in [-0.2, -0.15) is 10.2 Å². The molecule has 0 bridgehead atoms. The number of ether oxygens (including phenoxy) is 7. The van der Waals surface area contributed by atoms with Gasteiger partial charge >= 0.3 is 0 Å². The van der Waals surface area contributed by atoms with Gasteiger partial charge in [-0.25, -0.2) is 17.6 Å². The fraction of sp³-hybridized carbons (Fsp3) is 0.113. The summed E-state index contributed by atoms with van der Waals surface area (Å²) in [6, 6.07) is 32.7. The number of pyridine rings is 4. The molecular weight excluding hydrogens is 1570 g/mol. The topological polar surface area (TPSA) is 500 Å². The zero-order chi connectivity index (χ0) is 85.1. The van der Waals surface area contributed by atoms with Crippen molar-refractivity contribution in [3.63, 3.8) is 0 Å². The van der Waals surface area contributed by atoms with E-state index in [0.717, 1.165) is 42.0 Å². The number of carbonyl (C=O) groups excluding carboxylic acids is 5. The number of nitro benzene ring substituents is 2. The average Bonchev–Trinajstić information content (AvgIpc) is 0.817. The summed E-state index contributed by atoms with van der Waals surface area (Å²) in [5.74, 6) is -4.49. The number of aromatic hydroxyl groups is 1. The fourth-order valence-electron chi connectivity index (χ4n) is 10.8. The highest BCUT2D eigenvalue weighted by atomic mass is 35.5. The monoisotopic (exact) mass is 1640 g/mol. The van der Waals surface area contributed by atoms with Crippen LogP contribution in [0.15, 0.2) is 195 Å². The second kappa shape index (κ2) is 39.6. The van der Waals surface area contributed by atoms with E-state index in [0.29, 0.717) is 100 Å². The molecule has 0 aliphatic rings. The first-order valence-electron chi connectivity index (χ1n) is 33.7. The number of amides is 4. The second-order valence-corrected chi connectivity index (χ2v) is 24.8. The Morgan fingerprint density at radius 3 is 1.13 bits per heavy atom. The highest BCUT2D eigenvalue weighted by Gasteiger charge is 2.22. The Hall–Kier alpha value is -15.8. The first-order valence-corrected chi connectivity index (χ1v) is 34.0. The highest BCUT2D eigenvalue weighted by molar-refractivity contribution is 6.35. The average molecular weight is 1640 g/mol. The predicted molar refractivity (Wildman–Crippen MR) is 427 cm³/mol. The first kappa shape index (κ1) is 87.8. The number of aryl methyl sites for hydroxylation is 2. The number of benzene rings is 8. The number of carbonyl (C=O) groups is 5. The van der Waals surface area contributed by atoms with Gasteiger partial charge in [-0.3, -0.25) is 73.5 Å². The Morgan fingerprint density at radius 2 is 0.780 bits per heavy atom. The Kier molecular flexibility index (Phi) is 29.4. The largest absolute Gasteiger partial charge is 0.505 e. The number of Topliss-reactive ketones (excluding diaryl/α,β-unsaturated/α-hetero) is 1. The minimum Gasteiger partial charge on any atom is -0.505 e. The molecule has 0 unspecified atom stereocenters. The van der Waals surface area contributed by atoms with E-state index in [1.165, 1.54) is 102 Å². The van der Waals surface area contributed by atoms with Crippen LogP contribution in [0.25, 0.3) is 43.6 Å². The van der Waals surface area contributed by atoms with Gasteiger partial charge in [0.15, 0.2) is 46.3 Å². The number of phenolic OH excluding ortho intramolecular Hbond substituents is 1. The lowest BCUT2D eigenvalue weighted by Crippen LogP contribution is -2.12. The summed E-state index contributed by atoms with van der Waals surface area (Å²) in [5, 5.41) is 39.8. The molecule has 38 heteroatoms. The molecule has 0 atom stereocenters. The number of non-ortho nitro benzene ring substituents is 2. The minimum atomic E-state index is -0.987. The molecule has 0 radical (unpaired) electrons. The zero-order valence-electron chi connectivity index (χ0n) is 62.2. The first-order chi connectivity index (χ1) is 55.8. The standard InChI is InChI=1S/C24H21FN4O4.C17H12FN3O5.C17H14FN3O3.C11H9ClN2O2.C6H4FNO3.C4H7N3.CH4/c1-29-13-15(12-28-29)8-16(30)7-14-3-4-22(19(25)9-14)33-21-5-6-27-20-11-23(32-2)18(24(26)31)10-17(20)21;1-25-16-8-13-10(7-11(16)17(19)22)14(4-5-20-13)26-15-3-2-9(21(23)24)6-12(15)18;1-23-16-8-13-10(7-11(16)17(20)22)14(4-5-21-13)24-15-3-2-9(19)6-12(15)18;1-16-10-5-9-6(4-7(10)11(13)15)8(12)2-3-14-9;7-5-3-4(8(10)11)1-2-6(5)9;1-7-3-4(5)2-6-7;/h3-6,9-13H,7-8H2,1-2H3,(H2,26,31);2-8H,1H3,(H2,19,22);2-8H,19H2,1H3,(H2,20,22);2-5H,1H3,(H2,13,15);1-3,9H;2-3H,5H2,1H3;1H4. The minimum absolute atomic E-state index is 0. The number of hydrogen-bond donors (Lipinski definition) is 7. The number of anilines is 2. The van der Waals surface area contributed by atoms with Crippen LogP contribution in [0.3, 0.4) is 0 Å². The lowest BCUT2D eigenvalue weighted by atomic mass is 10.0. The summed E-state index contributed by atoms with van der Waals surface area (Å²) >= 11 is 6.00. The number of fused-ring (bicyclic) bond motifs is 4. The van der Waals surface area contributed by atoms with Crippen LogP contribution in [0.5, 0.6) is 63.2 Å². The molecular formula is C80H71ClF4N16O17. The molecule has 14 rings (SSSR count). The molecule has 6 aromatic heterocycles. The van der Waals surface area contributed by atoms with Crippen LogP contribution in [0.1, 0.15) is 60.0 Å². The van der Waals surface area contributed by atoms with E-state index in [-0.39, 0.29) is 82.9 Å². The van der Waals surface area contributed by atoms with E-state index in [1.54, 1.807) is 95.9 Å². The van der Waals surface area contributed by atoms with E-state index in [4.69, 9.17) is 84.3 Å². The molecule has 13 N–H and O–H groups in total. The van der Waals surface area contributed by atoms with Crippen LogP contribution in [0, 0.1) is 43.5 Å². The van der Waals surface area contributed by atoms with Gasteiger partial charge in [-0.05, 0) is 96.1 Å². The summed E-state index contributed by atoms with van der Waals surface area (Å²) in [5.41, 5.74) is 36.7. The second-order valence-electron chi connectivity index (χ2n) is 24.3. The maximum Gasteiger partial charge on any atom is 0.272 e. The number of ketones is 1. The van der Waals surface area contributed by atoms with Gasteiger partial charge in [0.25, 0.3) is 35.0 Å². The van der Waals surface area contributed by atoms with Crippen LogP contribution >= 0.6 is 11.6 Å². The number of aromatic nitrogens is 8. The molecule has 0 aliphatic carbocycles. The van der Waals surface area contributed by atoms with Crippen LogP contribution < -0.4 is 67.6 Å². The highest BCUT2D eigenvalue weighted by Crippen LogP contribution is 2.39. The number of methoxy groups -OCH3 is 4. The Bertz CT molecular complexity index is 6120. The summed E-state index contributed by atoms with van der Waals surface area (Å²) in [6.07, 6.45) is 13.1. The quantitative estimate of drug-likeness (QED) is 0.0161. The Balaban J connectivity index is 0.000000186. The predicted octanol–water partition coefficient (Wildman–Crippen LogP) is 13.5. The van der Waals surface area contributed by atoms with Gasteiger partial charge in [-0.1, -0.05) is 25.1 Å². The maximum absolute atomic E-state index is 14.8. The fourth-order valence-corrected chi connectivity index (χ4v) is 11.0. The van der Waals surface area contributed by atoms with Crippen molar-refractivity contribution in [2.75, 3.05) is 39.9 Å². The van der Waals surface area contributed by atoms with Crippen LogP contribution in [0.4, 0.5) is 40.3 Å². The number of hydrogen-bond acceptors (Lipinski definition) is 25. The van der Waals surface area contributed by atoms with Crippen molar-refractivity contribution in [3.8, 4) is 63.2 Å². The van der Waals surface area contributed by atoms with E-state index in [9.17, 15) is 61.8 Å². The van der Waals surface area contributed by atoms with Crippen LogP contribution in [-0.2, 0) is 31.7 Å². The van der Waals surface area contributed by atoms with Gasteiger partial charge in [0, 0.05) is 134 Å². The van der Waals surface area contributed by atoms with Crippen molar-refractivity contribution >= 4 is 107 Å². The number of nitrogen functional groups attached to an aromatic ring is 2. The lowest BCUT2D eigenvalue weighted by Gasteiger charge is -2.12. The molecule has 0 saturated carbocycles. The smallest absolute Gasteiger partial charge is 0.272 e. The molecule has 0 fully saturated rings. The SMILES string of the molecule is C.COc1cc2nccc(Cl)c2cc1C(N)=O.COc1cc2nccc(Oc3ccc(CC(=O)Cc4cnn(C)c4)cc3F)c2cc1C(N)=O.COc1cc2nccc(Oc3ccc(N)cc3F)c2cc1C(N)=O.COc1cc2nccc(Oc3ccc([N+](=O)[O-])cc3F)c2cc1C(N)=O.Cn1cc(N)cn1.O=[N+]([O-])c1ccc(O)c(F)c1. The molecule has 118 heavy (non-hydrogen) atoms. The van der Waals surface area contributed by atoms with Crippen molar-refractivity contribution in [1.29, 1.82) is 0 Å². The maximum atomic E-state index is 14.8. The third-order valence-corrected chi connectivity index (χ3v) is 16.6. The molecule has 608 valence electrons. The van der Waals surface area contributed by atoms with Crippen molar-refractivity contribution in [1.82, 2.24) is 39.5 Å². The molecule has 0 spiro atoms. The third kappa shape index (κ3) is 22.3. The lowest BCUT2D eigenvalue weighted by molar-refractivity contribution is -0.385. The van der Waals surface area contributed by atoms with E-state index < -0.39 is 68.2 Å². The van der Waals surface area contributed by atoms with Crippen LogP contribution in [-0.4, -0.2) is 112 Å². The number of halogens is 5. The van der Waals surface area contributed by atoms with E-state index >= 15 is 0 Å². The number of primary amides is 4. The van der Waals surface area contributed by atoms with Crippen molar-refractivity contribution in [2.24, 2.45) is 37.0 Å². The van der Waals surface area contributed by atoms with E-state index in [2.05, 4.69) is 30.1 Å². The summed E-state index contributed by atoms with van der Waals surface area (Å²) in [4.78, 5) is 94.5.